The van der Waals surface area contributed by atoms with E-state index < -0.39 is 0 Å². The first-order valence-electron chi connectivity index (χ1n) is 6.80. The fourth-order valence-electron chi connectivity index (χ4n) is 2.61. The highest BCUT2D eigenvalue weighted by molar-refractivity contribution is 5.34. The molecule has 1 aromatic carbocycles. The van der Waals surface area contributed by atoms with Crippen molar-refractivity contribution >= 4 is 0 Å². The first-order chi connectivity index (χ1) is 8.26. The molecule has 1 fully saturated rings. The number of phenolic OH excluding ortho intramolecular Hbond substituents is 1. The van der Waals surface area contributed by atoms with E-state index in [1.807, 2.05) is 18.2 Å². The van der Waals surface area contributed by atoms with E-state index in [-0.39, 0.29) is 0 Å². The summed E-state index contributed by atoms with van der Waals surface area (Å²) in [6, 6.07) is 8.63. The molecule has 1 aliphatic rings. The Morgan fingerprint density at radius 1 is 1.35 bits per heavy atom. The second kappa shape index (κ2) is 5.54. The van der Waals surface area contributed by atoms with E-state index in [1.54, 1.807) is 6.07 Å². The molecule has 1 aliphatic carbocycles. The van der Waals surface area contributed by atoms with Gasteiger partial charge < -0.3 is 10.4 Å². The summed E-state index contributed by atoms with van der Waals surface area (Å²) in [6.07, 6.45) is 4.93. The zero-order valence-corrected chi connectivity index (χ0v) is 10.8. The van der Waals surface area contributed by atoms with Crippen LogP contribution < -0.4 is 5.32 Å². The number of para-hydroxylation sites is 1. The number of hydrogen-bond acceptors (Lipinski definition) is 2. The van der Waals surface area contributed by atoms with Crippen molar-refractivity contribution in [2.75, 3.05) is 0 Å². The number of hydrogen-bond donors (Lipinski definition) is 2. The van der Waals surface area contributed by atoms with Crippen molar-refractivity contribution < 1.29 is 5.11 Å². The molecule has 0 saturated heterocycles. The minimum absolute atomic E-state index is 0.294. The average Bonchev–Trinajstić information content (AvgIpc) is 3.06. The molecule has 3 unspecified atom stereocenters. The van der Waals surface area contributed by atoms with Crippen molar-refractivity contribution in [3.8, 4) is 5.75 Å². The fraction of sp³-hybridized carbons (Fsp3) is 0.600. The van der Waals surface area contributed by atoms with Gasteiger partial charge in [0.2, 0.25) is 0 Å². The van der Waals surface area contributed by atoms with Crippen LogP contribution in [0.1, 0.15) is 51.1 Å². The molecule has 0 radical (unpaired) electrons. The molecule has 0 heterocycles. The summed E-state index contributed by atoms with van der Waals surface area (Å²) < 4.78 is 0. The van der Waals surface area contributed by atoms with Crippen LogP contribution in [0.4, 0.5) is 0 Å². The van der Waals surface area contributed by atoms with E-state index >= 15 is 0 Å². The number of aromatic hydroxyl groups is 1. The van der Waals surface area contributed by atoms with Crippen molar-refractivity contribution in [2.45, 2.75) is 51.6 Å². The molecular formula is C15H23NO. The van der Waals surface area contributed by atoms with Crippen LogP contribution >= 0.6 is 0 Å². The van der Waals surface area contributed by atoms with E-state index in [2.05, 4.69) is 19.2 Å². The van der Waals surface area contributed by atoms with Crippen molar-refractivity contribution in [1.82, 2.24) is 5.32 Å². The Morgan fingerprint density at radius 3 is 2.76 bits per heavy atom. The lowest BCUT2D eigenvalue weighted by Gasteiger charge is -2.18. The third kappa shape index (κ3) is 3.01. The van der Waals surface area contributed by atoms with Crippen LogP contribution in [0.2, 0.25) is 0 Å². The predicted molar refractivity (Wildman–Crippen MR) is 71.1 cm³/mol. The van der Waals surface area contributed by atoms with Crippen LogP contribution in [0.5, 0.6) is 5.75 Å². The maximum absolute atomic E-state index is 9.87. The number of benzene rings is 1. The smallest absolute Gasteiger partial charge is 0.120 e. The first kappa shape index (κ1) is 12.4. The highest BCUT2D eigenvalue weighted by Crippen LogP contribution is 2.37. The van der Waals surface area contributed by atoms with Gasteiger partial charge in [-0.2, -0.15) is 0 Å². The molecule has 17 heavy (non-hydrogen) atoms. The molecule has 2 nitrogen and oxygen atoms in total. The molecule has 2 heteroatoms. The summed E-state index contributed by atoms with van der Waals surface area (Å²) in [4.78, 5) is 0. The van der Waals surface area contributed by atoms with Gasteiger partial charge in [-0.25, -0.2) is 0 Å². The van der Waals surface area contributed by atoms with Crippen LogP contribution in [-0.2, 0) is 0 Å². The Labute approximate surface area is 104 Å². The van der Waals surface area contributed by atoms with Gasteiger partial charge >= 0.3 is 0 Å². The lowest BCUT2D eigenvalue weighted by atomic mass is 10.0. The molecule has 2 N–H and O–H groups in total. The average molecular weight is 233 g/mol. The Morgan fingerprint density at radius 2 is 2.12 bits per heavy atom. The van der Waals surface area contributed by atoms with Crippen molar-refractivity contribution in [3.05, 3.63) is 29.8 Å². The second-order valence-electron chi connectivity index (χ2n) is 5.08. The molecule has 1 aromatic rings. The maximum Gasteiger partial charge on any atom is 0.120 e. The van der Waals surface area contributed by atoms with Crippen molar-refractivity contribution in [2.24, 2.45) is 5.92 Å². The largest absolute Gasteiger partial charge is 0.508 e. The summed E-state index contributed by atoms with van der Waals surface area (Å²) in [6.45, 7) is 4.41. The molecule has 3 atom stereocenters. The third-order valence-electron chi connectivity index (χ3n) is 3.72. The SMILES string of the molecule is CCCC1CC1NC(CC)c1ccccc1O. The molecule has 2 rings (SSSR count). The van der Waals surface area contributed by atoms with Gasteiger partial charge in [0.05, 0.1) is 0 Å². The van der Waals surface area contributed by atoms with Crippen LogP contribution in [0.15, 0.2) is 24.3 Å². The normalized spacial score (nSPS) is 24.6. The maximum atomic E-state index is 9.87. The van der Waals surface area contributed by atoms with Gasteiger partial charge in [0, 0.05) is 17.6 Å². The standard InChI is InChI=1S/C15H23NO/c1-3-7-11-10-14(11)16-13(4-2)12-8-5-6-9-15(12)17/h5-6,8-9,11,13-14,16-17H,3-4,7,10H2,1-2H3. The van der Waals surface area contributed by atoms with Crippen LogP contribution in [0, 0.1) is 5.92 Å². The fourth-order valence-corrected chi connectivity index (χ4v) is 2.61. The van der Waals surface area contributed by atoms with E-state index in [9.17, 15) is 5.11 Å². The lowest BCUT2D eigenvalue weighted by molar-refractivity contribution is 0.434. The Bertz CT molecular complexity index is 364. The number of rotatable bonds is 6. The Hall–Kier alpha value is -1.02. The zero-order chi connectivity index (χ0) is 12.3. The summed E-state index contributed by atoms with van der Waals surface area (Å²) >= 11 is 0. The quantitative estimate of drug-likeness (QED) is 0.786. The monoisotopic (exact) mass is 233 g/mol. The first-order valence-corrected chi connectivity index (χ1v) is 6.80. The van der Waals surface area contributed by atoms with E-state index in [1.165, 1.54) is 19.3 Å². The summed E-state index contributed by atoms with van der Waals surface area (Å²) in [5.41, 5.74) is 1.04. The lowest BCUT2D eigenvalue weighted by Crippen LogP contribution is -2.24. The third-order valence-corrected chi connectivity index (χ3v) is 3.72. The predicted octanol–water partition coefficient (Wildman–Crippen LogP) is 3.62. The van der Waals surface area contributed by atoms with E-state index in [0.717, 1.165) is 17.9 Å². The van der Waals surface area contributed by atoms with Crippen molar-refractivity contribution in [1.29, 1.82) is 0 Å². The Balaban J connectivity index is 1.96. The molecule has 94 valence electrons. The molecular weight excluding hydrogens is 210 g/mol. The second-order valence-corrected chi connectivity index (χ2v) is 5.08. The van der Waals surface area contributed by atoms with E-state index in [4.69, 9.17) is 0 Å². The minimum atomic E-state index is 0.294. The molecule has 0 aromatic heterocycles. The molecule has 0 aliphatic heterocycles. The summed E-state index contributed by atoms with van der Waals surface area (Å²) in [7, 11) is 0. The topological polar surface area (TPSA) is 32.3 Å². The van der Waals surface area contributed by atoms with Crippen LogP contribution in [0.25, 0.3) is 0 Å². The van der Waals surface area contributed by atoms with Gasteiger partial charge in [-0.3, -0.25) is 0 Å². The minimum Gasteiger partial charge on any atom is -0.508 e. The van der Waals surface area contributed by atoms with Crippen molar-refractivity contribution in [3.63, 3.8) is 0 Å². The number of phenols is 1. The highest BCUT2D eigenvalue weighted by Gasteiger charge is 2.37. The number of nitrogens with one attached hydrogen (secondary N) is 1. The van der Waals surface area contributed by atoms with Gasteiger partial charge in [0.25, 0.3) is 0 Å². The molecule has 0 bridgehead atoms. The molecule has 0 amide bonds. The highest BCUT2D eigenvalue weighted by atomic mass is 16.3. The molecule has 0 spiro atoms. The molecule has 1 saturated carbocycles. The van der Waals surface area contributed by atoms with Gasteiger partial charge in [-0.1, -0.05) is 38.5 Å². The van der Waals surface area contributed by atoms with Gasteiger partial charge in [0.1, 0.15) is 5.75 Å². The zero-order valence-electron chi connectivity index (χ0n) is 10.8. The van der Waals surface area contributed by atoms with Gasteiger partial charge in [0.15, 0.2) is 0 Å². The van der Waals surface area contributed by atoms with Crippen LogP contribution in [-0.4, -0.2) is 11.1 Å². The summed E-state index contributed by atoms with van der Waals surface area (Å²) in [5.74, 6) is 1.28. The van der Waals surface area contributed by atoms with E-state index in [0.29, 0.717) is 17.8 Å². The van der Waals surface area contributed by atoms with Gasteiger partial charge in [-0.05, 0) is 31.2 Å². The Kier molecular flexibility index (Phi) is 4.06. The summed E-state index contributed by atoms with van der Waals surface area (Å²) in [5, 5.41) is 13.5. The van der Waals surface area contributed by atoms with Gasteiger partial charge in [-0.15, -0.1) is 0 Å². The van der Waals surface area contributed by atoms with Crippen LogP contribution in [0.3, 0.4) is 0 Å².